The normalized spacial score (nSPS) is 18.4. The van der Waals surface area contributed by atoms with Crippen molar-refractivity contribution < 1.29 is 8.42 Å². The van der Waals surface area contributed by atoms with Crippen molar-refractivity contribution in [1.29, 1.82) is 0 Å². The quantitative estimate of drug-likeness (QED) is 0.863. The monoisotopic (exact) mass is 251 g/mol. The smallest absolute Gasteiger partial charge is 0.211 e. The first-order valence-corrected chi connectivity index (χ1v) is 7.28. The van der Waals surface area contributed by atoms with Crippen molar-refractivity contribution in [3.63, 3.8) is 0 Å². The summed E-state index contributed by atoms with van der Waals surface area (Å²) in [6.45, 7) is 1.05. The Hall–Kier alpha value is -1.40. The van der Waals surface area contributed by atoms with Crippen LogP contribution in [-0.4, -0.2) is 42.0 Å². The van der Waals surface area contributed by atoms with E-state index >= 15 is 0 Å². The van der Waals surface area contributed by atoms with Gasteiger partial charge in [0.15, 0.2) is 0 Å². The van der Waals surface area contributed by atoms with E-state index in [0.717, 1.165) is 16.9 Å². The minimum absolute atomic E-state index is 0.192. The number of benzene rings is 1. The fourth-order valence-electron chi connectivity index (χ4n) is 2.05. The third-order valence-corrected chi connectivity index (χ3v) is 4.35. The maximum Gasteiger partial charge on any atom is 0.211 e. The molecule has 1 N–H and O–H groups in total. The molecule has 0 amide bonds. The number of aromatic nitrogens is 2. The highest BCUT2D eigenvalue weighted by Crippen LogP contribution is 2.28. The van der Waals surface area contributed by atoms with Gasteiger partial charge in [0.25, 0.3) is 0 Å². The van der Waals surface area contributed by atoms with Crippen LogP contribution in [0.2, 0.25) is 0 Å². The lowest BCUT2D eigenvalue weighted by Gasteiger charge is -2.35. The van der Waals surface area contributed by atoms with Gasteiger partial charge < -0.3 is 4.98 Å². The van der Waals surface area contributed by atoms with Crippen LogP contribution in [0, 0.1) is 0 Å². The molecule has 0 bridgehead atoms. The van der Waals surface area contributed by atoms with Crippen molar-refractivity contribution in [2.45, 2.75) is 5.92 Å². The molecule has 1 aliphatic rings. The van der Waals surface area contributed by atoms with Crippen molar-refractivity contribution in [1.82, 2.24) is 14.3 Å². The van der Waals surface area contributed by atoms with Gasteiger partial charge in [-0.25, -0.2) is 17.7 Å². The van der Waals surface area contributed by atoms with Crippen LogP contribution in [0.25, 0.3) is 11.0 Å². The number of imidazole rings is 1. The highest BCUT2D eigenvalue weighted by atomic mass is 32.2. The van der Waals surface area contributed by atoms with Gasteiger partial charge in [0.05, 0.1) is 17.3 Å². The third kappa shape index (κ3) is 1.83. The van der Waals surface area contributed by atoms with Gasteiger partial charge in [-0.05, 0) is 12.1 Å². The molecule has 0 atom stereocenters. The summed E-state index contributed by atoms with van der Waals surface area (Å²) in [6, 6.07) is 7.81. The Morgan fingerprint density at radius 3 is 2.71 bits per heavy atom. The lowest BCUT2D eigenvalue weighted by atomic mass is 10.0. The highest BCUT2D eigenvalue weighted by molar-refractivity contribution is 7.88. The molecule has 3 rings (SSSR count). The van der Waals surface area contributed by atoms with Gasteiger partial charge in [-0.2, -0.15) is 0 Å². The molecule has 2 heterocycles. The third-order valence-electron chi connectivity index (χ3n) is 3.11. The van der Waals surface area contributed by atoms with Crippen LogP contribution in [0.5, 0.6) is 0 Å². The first kappa shape index (κ1) is 10.7. The summed E-state index contributed by atoms with van der Waals surface area (Å²) in [5.41, 5.74) is 1.93. The minimum atomic E-state index is -3.05. The number of nitrogens with one attached hydrogen (secondary N) is 1. The van der Waals surface area contributed by atoms with Gasteiger partial charge in [-0.1, -0.05) is 12.1 Å². The molecule has 1 aromatic heterocycles. The SMILES string of the molecule is CS(=O)(=O)N1CC(c2nc3ccccc3[nH]2)C1. The number of hydrogen-bond donors (Lipinski definition) is 1. The largest absolute Gasteiger partial charge is 0.342 e. The standard InChI is InChI=1S/C11H13N3O2S/c1-17(15,16)14-6-8(7-14)11-12-9-4-2-3-5-10(9)13-11/h2-5,8H,6-7H2,1H3,(H,12,13). The van der Waals surface area contributed by atoms with Gasteiger partial charge in [0.1, 0.15) is 5.82 Å². The fourth-order valence-corrected chi connectivity index (χ4v) is 2.95. The van der Waals surface area contributed by atoms with E-state index in [1.54, 1.807) is 0 Å². The van der Waals surface area contributed by atoms with E-state index in [4.69, 9.17) is 0 Å². The Balaban J connectivity index is 1.83. The number of nitrogens with zero attached hydrogens (tertiary/aromatic N) is 2. The van der Waals surface area contributed by atoms with Crippen molar-refractivity contribution >= 4 is 21.1 Å². The summed E-state index contributed by atoms with van der Waals surface area (Å²) in [7, 11) is -3.05. The van der Waals surface area contributed by atoms with Crippen LogP contribution < -0.4 is 0 Å². The van der Waals surface area contributed by atoms with E-state index in [-0.39, 0.29) is 5.92 Å². The van der Waals surface area contributed by atoms with Crippen LogP contribution in [0.15, 0.2) is 24.3 Å². The Kier molecular flexibility index (Phi) is 2.24. The van der Waals surface area contributed by atoms with E-state index in [1.807, 2.05) is 24.3 Å². The van der Waals surface area contributed by atoms with Crippen molar-refractivity contribution in [2.75, 3.05) is 19.3 Å². The molecule has 1 fully saturated rings. The molecule has 1 saturated heterocycles. The number of rotatable bonds is 2. The molecule has 0 unspecified atom stereocenters. The zero-order valence-corrected chi connectivity index (χ0v) is 10.2. The zero-order valence-electron chi connectivity index (χ0n) is 9.42. The number of aromatic amines is 1. The van der Waals surface area contributed by atoms with Crippen LogP contribution in [0.3, 0.4) is 0 Å². The Bertz CT molecular complexity index is 623. The maximum atomic E-state index is 11.3. The summed E-state index contributed by atoms with van der Waals surface area (Å²) in [6.07, 6.45) is 1.24. The van der Waals surface area contributed by atoms with E-state index in [2.05, 4.69) is 9.97 Å². The summed E-state index contributed by atoms with van der Waals surface area (Å²) < 4.78 is 24.0. The number of para-hydroxylation sites is 2. The van der Waals surface area contributed by atoms with E-state index in [0.29, 0.717) is 13.1 Å². The predicted molar refractivity (Wildman–Crippen MR) is 65.3 cm³/mol. The first-order valence-electron chi connectivity index (χ1n) is 5.44. The molecular formula is C11H13N3O2S. The van der Waals surface area contributed by atoms with Crippen molar-refractivity contribution in [3.8, 4) is 0 Å². The second kappa shape index (κ2) is 3.54. The number of sulfonamides is 1. The highest BCUT2D eigenvalue weighted by Gasteiger charge is 2.35. The second-order valence-electron chi connectivity index (χ2n) is 4.42. The molecule has 90 valence electrons. The van der Waals surface area contributed by atoms with Gasteiger partial charge in [0, 0.05) is 19.0 Å². The molecule has 0 radical (unpaired) electrons. The summed E-state index contributed by atoms with van der Waals surface area (Å²) in [5.74, 6) is 1.07. The number of hydrogen-bond acceptors (Lipinski definition) is 3. The molecule has 6 heteroatoms. The first-order chi connectivity index (χ1) is 8.04. The summed E-state index contributed by atoms with van der Waals surface area (Å²) >= 11 is 0. The van der Waals surface area contributed by atoms with Crippen LogP contribution in [0.1, 0.15) is 11.7 Å². The summed E-state index contributed by atoms with van der Waals surface area (Å²) in [5, 5.41) is 0. The molecule has 5 nitrogen and oxygen atoms in total. The maximum absolute atomic E-state index is 11.3. The van der Waals surface area contributed by atoms with E-state index in [1.165, 1.54) is 10.6 Å². The Morgan fingerprint density at radius 1 is 1.35 bits per heavy atom. The second-order valence-corrected chi connectivity index (χ2v) is 6.40. The topological polar surface area (TPSA) is 66.1 Å². The molecular weight excluding hydrogens is 238 g/mol. The van der Waals surface area contributed by atoms with Crippen LogP contribution >= 0.6 is 0 Å². The van der Waals surface area contributed by atoms with E-state index < -0.39 is 10.0 Å². The van der Waals surface area contributed by atoms with Crippen molar-refractivity contribution in [2.24, 2.45) is 0 Å². The predicted octanol–water partition coefficient (Wildman–Crippen LogP) is 0.922. The molecule has 0 saturated carbocycles. The van der Waals surface area contributed by atoms with Gasteiger partial charge in [0.2, 0.25) is 10.0 Å². The molecule has 0 spiro atoms. The fraction of sp³-hybridized carbons (Fsp3) is 0.364. The van der Waals surface area contributed by atoms with Crippen molar-refractivity contribution in [3.05, 3.63) is 30.1 Å². The molecule has 17 heavy (non-hydrogen) atoms. The van der Waals surface area contributed by atoms with Gasteiger partial charge in [-0.15, -0.1) is 0 Å². The zero-order chi connectivity index (χ0) is 12.0. The molecule has 1 aromatic carbocycles. The average molecular weight is 251 g/mol. The Labute approximate surface area is 99.5 Å². The van der Waals surface area contributed by atoms with Gasteiger partial charge >= 0.3 is 0 Å². The average Bonchev–Trinajstić information content (AvgIpc) is 2.55. The lowest BCUT2D eigenvalue weighted by Crippen LogP contribution is -2.48. The summed E-state index contributed by atoms with van der Waals surface area (Å²) in [4.78, 5) is 7.71. The van der Waals surface area contributed by atoms with Crippen LogP contribution in [0.4, 0.5) is 0 Å². The van der Waals surface area contributed by atoms with Gasteiger partial charge in [-0.3, -0.25) is 0 Å². The number of fused-ring (bicyclic) bond motifs is 1. The number of H-pyrrole nitrogens is 1. The van der Waals surface area contributed by atoms with E-state index in [9.17, 15) is 8.42 Å². The molecule has 1 aliphatic heterocycles. The van der Waals surface area contributed by atoms with Crippen LogP contribution in [-0.2, 0) is 10.0 Å². The lowest BCUT2D eigenvalue weighted by molar-refractivity contribution is 0.259. The Morgan fingerprint density at radius 2 is 2.06 bits per heavy atom. The molecule has 0 aliphatic carbocycles. The minimum Gasteiger partial charge on any atom is -0.342 e. The molecule has 2 aromatic rings.